The number of anilines is 1. The molecule has 0 saturated carbocycles. The quantitative estimate of drug-likeness (QED) is 0.402. The highest BCUT2D eigenvalue weighted by atomic mass is 32.1. The van der Waals surface area contributed by atoms with Gasteiger partial charge >= 0.3 is 11.8 Å². The number of benzene rings is 2. The second-order valence-electron chi connectivity index (χ2n) is 5.58. The smallest absolute Gasteiger partial charge is 0.323 e. The fraction of sp³-hybridized carbons (Fsp3) is 0.111. The number of fused-ring (bicyclic) bond motifs is 2. The van der Waals surface area contributed by atoms with Crippen LogP contribution in [-0.4, -0.2) is 28.4 Å². The fourth-order valence-corrected chi connectivity index (χ4v) is 3.34. The lowest BCUT2D eigenvalue weighted by atomic mass is 10.1. The maximum absolute atomic E-state index is 12.7. The van der Waals surface area contributed by atoms with Gasteiger partial charge in [-0.3, -0.25) is 19.3 Å². The Bertz CT molecular complexity index is 1130. The van der Waals surface area contributed by atoms with Crippen molar-refractivity contribution in [3.05, 3.63) is 52.7 Å². The molecule has 0 radical (unpaired) electrons. The standard InChI is InChI=1S/C18H12N2O4S/c1-2-19-16(22)17(23)20(18(19)25)10-7-8-14-12(9-10)15(21)11-5-3-4-6-13(11)24-14/h3-9H,2H2,1H3. The van der Waals surface area contributed by atoms with Crippen molar-refractivity contribution in [3.63, 3.8) is 0 Å². The van der Waals surface area contributed by atoms with Crippen molar-refractivity contribution in [1.82, 2.24) is 4.90 Å². The second kappa shape index (κ2) is 5.49. The topological polar surface area (TPSA) is 70.8 Å². The molecule has 1 fully saturated rings. The number of carbonyl (C=O) groups is 2. The van der Waals surface area contributed by atoms with Gasteiger partial charge in [-0.25, -0.2) is 4.90 Å². The van der Waals surface area contributed by atoms with Gasteiger partial charge in [0.05, 0.1) is 16.5 Å². The van der Waals surface area contributed by atoms with E-state index in [1.54, 1.807) is 43.3 Å². The Morgan fingerprint density at radius 2 is 1.68 bits per heavy atom. The predicted octanol–water partition coefficient (Wildman–Crippen LogP) is 2.43. The Morgan fingerprint density at radius 1 is 0.960 bits per heavy atom. The van der Waals surface area contributed by atoms with Gasteiger partial charge in [0, 0.05) is 6.54 Å². The van der Waals surface area contributed by atoms with E-state index in [0.717, 1.165) is 4.90 Å². The number of hydrogen-bond donors (Lipinski definition) is 0. The molecule has 0 unspecified atom stereocenters. The molecule has 25 heavy (non-hydrogen) atoms. The van der Waals surface area contributed by atoms with Gasteiger partial charge in [0.1, 0.15) is 11.2 Å². The van der Waals surface area contributed by atoms with E-state index in [-0.39, 0.29) is 10.5 Å². The number of carbonyl (C=O) groups excluding carboxylic acids is 2. The zero-order chi connectivity index (χ0) is 17.7. The number of thiocarbonyl (C=S) groups is 1. The lowest BCUT2D eigenvalue weighted by Gasteiger charge is -2.17. The molecule has 7 heteroatoms. The molecule has 0 N–H and O–H groups in total. The van der Waals surface area contributed by atoms with Crippen LogP contribution in [0.3, 0.4) is 0 Å². The van der Waals surface area contributed by atoms with E-state index in [0.29, 0.717) is 34.2 Å². The van der Waals surface area contributed by atoms with Crippen molar-refractivity contribution >= 4 is 56.8 Å². The van der Waals surface area contributed by atoms with E-state index in [9.17, 15) is 14.4 Å². The summed E-state index contributed by atoms with van der Waals surface area (Å²) >= 11 is 5.24. The molecule has 2 heterocycles. The minimum absolute atomic E-state index is 0.113. The van der Waals surface area contributed by atoms with Crippen molar-refractivity contribution in [3.8, 4) is 0 Å². The highest BCUT2D eigenvalue weighted by Crippen LogP contribution is 2.27. The van der Waals surface area contributed by atoms with Crippen LogP contribution < -0.4 is 10.3 Å². The first-order valence-electron chi connectivity index (χ1n) is 7.68. The Labute approximate surface area is 147 Å². The van der Waals surface area contributed by atoms with Crippen LogP contribution in [0.4, 0.5) is 5.69 Å². The minimum atomic E-state index is -0.726. The van der Waals surface area contributed by atoms with Crippen LogP contribution >= 0.6 is 12.2 Å². The fourth-order valence-electron chi connectivity index (χ4n) is 2.94. The second-order valence-corrected chi connectivity index (χ2v) is 5.95. The maximum Gasteiger partial charge on any atom is 0.323 e. The van der Waals surface area contributed by atoms with Gasteiger partial charge in [-0.2, -0.15) is 0 Å². The third-order valence-electron chi connectivity index (χ3n) is 4.19. The van der Waals surface area contributed by atoms with Gasteiger partial charge in [-0.15, -0.1) is 0 Å². The molecule has 1 saturated heterocycles. The highest BCUT2D eigenvalue weighted by molar-refractivity contribution is 7.80. The number of para-hydroxylation sites is 1. The molecule has 1 aliphatic rings. The molecule has 6 nitrogen and oxygen atoms in total. The van der Waals surface area contributed by atoms with Crippen molar-refractivity contribution in [2.45, 2.75) is 6.92 Å². The summed E-state index contributed by atoms with van der Waals surface area (Å²) in [6.45, 7) is 2.04. The van der Waals surface area contributed by atoms with E-state index in [4.69, 9.17) is 16.6 Å². The summed E-state index contributed by atoms with van der Waals surface area (Å²) in [4.78, 5) is 39.4. The zero-order valence-electron chi connectivity index (χ0n) is 13.2. The molecule has 0 aliphatic carbocycles. The van der Waals surface area contributed by atoms with Crippen LogP contribution in [0, 0.1) is 0 Å². The summed E-state index contributed by atoms with van der Waals surface area (Å²) in [6.07, 6.45) is 0. The average Bonchev–Trinajstić information content (AvgIpc) is 2.84. The molecule has 1 aliphatic heterocycles. The molecule has 0 atom stereocenters. The van der Waals surface area contributed by atoms with E-state index in [2.05, 4.69) is 0 Å². The molecule has 2 aromatic carbocycles. The normalized spacial score (nSPS) is 15.0. The van der Waals surface area contributed by atoms with Crippen LogP contribution in [0.15, 0.2) is 51.7 Å². The summed E-state index contributed by atoms with van der Waals surface area (Å²) < 4.78 is 5.75. The van der Waals surface area contributed by atoms with Gasteiger partial charge in [0.25, 0.3) is 0 Å². The van der Waals surface area contributed by atoms with E-state index in [1.807, 2.05) is 0 Å². The third-order valence-corrected chi connectivity index (χ3v) is 4.59. The number of hydrogen-bond acceptors (Lipinski definition) is 5. The first-order chi connectivity index (χ1) is 12.0. The van der Waals surface area contributed by atoms with Crippen molar-refractivity contribution < 1.29 is 14.0 Å². The average molecular weight is 352 g/mol. The molecule has 2 amide bonds. The van der Waals surface area contributed by atoms with Crippen LogP contribution in [0.25, 0.3) is 21.9 Å². The van der Waals surface area contributed by atoms with E-state index >= 15 is 0 Å². The van der Waals surface area contributed by atoms with Gasteiger partial charge in [-0.05, 0) is 49.5 Å². The third kappa shape index (κ3) is 2.16. The number of rotatable bonds is 2. The molecule has 1 aromatic heterocycles. The molecule has 0 spiro atoms. The molecule has 4 rings (SSSR count). The molecule has 0 bridgehead atoms. The van der Waals surface area contributed by atoms with E-state index in [1.165, 1.54) is 11.0 Å². The van der Waals surface area contributed by atoms with Crippen LogP contribution in [0.5, 0.6) is 0 Å². The summed E-state index contributed by atoms with van der Waals surface area (Å²) in [5.74, 6) is -1.39. The van der Waals surface area contributed by atoms with Gasteiger partial charge in [-0.1, -0.05) is 12.1 Å². The highest BCUT2D eigenvalue weighted by Gasteiger charge is 2.41. The van der Waals surface area contributed by atoms with Crippen molar-refractivity contribution in [2.75, 3.05) is 11.4 Å². The number of likely N-dealkylation sites (N-methyl/N-ethyl adjacent to an activating group) is 1. The number of nitrogens with zero attached hydrogens (tertiary/aromatic N) is 2. The first kappa shape index (κ1) is 15.5. The molecular formula is C18H12N2O4S. The summed E-state index contributed by atoms with van der Waals surface area (Å²) in [7, 11) is 0. The first-order valence-corrected chi connectivity index (χ1v) is 8.09. The minimum Gasteiger partial charge on any atom is -0.456 e. The molecule has 124 valence electrons. The lowest BCUT2D eigenvalue weighted by Crippen LogP contribution is -2.32. The lowest BCUT2D eigenvalue weighted by molar-refractivity contribution is -0.139. The zero-order valence-corrected chi connectivity index (χ0v) is 14.0. The van der Waals surface area contributed by atoms with Crippen LogP contribution in [0.1, 0.15) is 6.92 Å². The number of amides is 2. The van der Waals surface area contributed by atoms with E-state index < -0.39 is 11.8 Å². The van der Waals surface area contributed by atoms with Crippen molar-refractivity contribution in [1.29, 1.82) is 0 Å². The Morgan fingerprint density at radius 3 is 2.40 bits per heavy atom. The predicted molar refractivity (Wildman–Crippen MR) is 97.5 cm³/mol. The molecule has 3 aromatic rings. The Hall–Kier alpha value is -3.06. The molecular weight excluding hydrogens is 340 g/mol. The van der Waals surface area contributed by atoms with Crippen molar-refractivity contribution in [2.24, 2.45) is 0 Å². The monoisotopic (exact) mass is 352 g/mol. The van der Waals surface area contributed by atoms with Gasteiger partial charge in [0.2, 0.25) is 5.43 Å². The maximum atomic E-state index is 12.7. The Balaban J connectivity index is 1.93. The van der Waals surface area contributed by atoms with Gasteiger partial charge in [0.15, 0.2) is 5.11 Å². The van der Waals surface area contributed by atoms with Crippen LogP contribution in [-0.2, 0) is 9.59 Å². The summed E-state index contributed by atoms with van der Waals surface area (Å²) in [6, 6.07) is 11.7. The summed E-state index contributed by atoms with van der Waals surface area (Å²) in [5.41, 5.74) is 1.07. The van der Waals surface area contributed by atoms with Gasteiger partial charge < -0.3 is 4.42 Å². The Kier molecular flexibility index (Phi) is 3.40. The SMILES string of the molecule is CCN1C(=O)C(=O)N(c2ccc3oc4ccccc4c(=O)c3c2)C1=S. The van der Waals surface area contributed by atoms with Crippen LogP contribution in [0.2, 0.25) is 0 Å². The summed E-state index contributed by atoms with van der Waals surface area (Å²) in [5, 5.41) is 0.893. The largest absolute Gasteiger partial charge is 0.456 e.